The topological polar surface area (TPSA) is 29.5 Å². The van der Waals surface area contributed by atoms with E-state index in [9.17, 15) is 4.79 Å². The molecule has 108 valence electrons. The lowest BCUT2D eigenvalue weighted by atomic mass is 10.1. The molecule has 0 radical (unpaired) electrons. The predicted octanol–water partition coefficient (Wildman–Crippen LogP) is 4.63. The van der Waals surface area contributed by atoms with Crippen molar-refractivity contribution in [3.05, 3.63) is 0 Å². The maximum Gasteiger partial charge on any atom is 0.410 e. The highest BCUT2D eigenvalue weighted by Gasteiger charge is 2.19. The molecule has 0 saturated heterocycles. The van der Waals surface area contributed by atoms with Crippen LogP contribution < -0.4 is 0 Å². The molecule has 0 aromatic heterocycles. The standard InChI is InChI=1S/C14H28INO2/c1-6-7-9-12(15)10-8-11-16(5)13(17)18-14(2,3)4/h12H,6-11H2,1-5H3. The molecule has 0 bridgehead atoms. The molecule has 0 aromatic rings. The summed E-state index contributed by atoms with van der Waals surface area (Å²) in [6.07, 6.45) is 5.85. The Hall–Kier alpha value is 0. The molecule has 1 amide bonds. The molecule has 0 rings (SSSR count). The van der Waals surface area contributed by atoms with Gasteiger partial charge in [0, 0.05) is 17.5 Å². The molecule has 0 aliphatic carbocycles. The van der Waals surface area contributed by atoms with Gasteiger partial charge in [0.25, 0.3) is 0 Å². The minimum Gasteiger partial charge on any atom is -0.444 e. The monoisotopic (exact) mass is 369 g/mol. The fraction of sp³-hybridized carbons (Fsp3) is 0.929. The average Bonchev–Trinajstić information content (AvgIpc) is 2.23. The van der Waals surface area contributed by atoms with Crippen LogP contribution in [0.5, 0.6) is 0 Å². The number of carbonyl (C=O) groups is 1. The second kappa shape index (κ2) is 8.99. The number of nitrogens with zero attached hydrogens (tertiary/aromatic N) is 1. The predicted molar refractivity (Wildman–Crippen MR) is 85.4 cm³/mol. The van der Waals surface area contributed by atoms with Crippen LogP contribution in [0, 0.1) is 0 Å². The second-order valence-corrected chi connectivity index (χ2v) is 7.55. The summed E-state index contributed by atoms with van der Waals surface area (Å²) < 4.78 is 6.04. The van der Waals surface area contributed by atoms with Gasteiger partial charge in [-0.05, 0) is 40.0 Å². The van der Waals surface area contributed by atoms with Crippen LogP contribution in [-0.2, 0) is 4.74 Å². The number of ether oxygens (including phenoxy) is 1. The first-order valence-corrected chi connectivity index (χ1v) is 8.09. The molecule has 0 N–H and O–H groups in total. The average molecular weight is 369 g/mol. The highest BCUT2D eigenvalue weighted by atomic mass is 127. The zero-order chi connectivity index (χ0) is 14.2. The molecule has 4 heteroatoms. The zero-order valence-electron chi connectivity index (χ0n) is 12.5. The van der Waals surface area contributed by atoms with E-state index >= 15 is 0 Å². The fourth-order valence-corrected chi connectivity index (χ4v) is 2.43. The summed E-state index contributed by atoms with van der Waals surface area (Å²) in [5.41, 5.74) is -0.404. The van der Waals surface area contributed by atoms with Gasteiger partial charge in [-0.2, -0.15) is 0 Å². The van der Waals surface area contributed by atoms with E-state index in [1.807, 2.05) is 27.8 Å². The van der Waals surface area contributed by atoms with E-state index < -0.39 is 5.60 Å². The maximum absolute atomic E-state index is 11.7. The minimum absolute atomic E-state index is 0.221. The number of halogens is 1. The van der Waals surface area contributed by atoms with E-state index in [2.05, 4.69) is 29.5 Å². The van der Waals surface area contributed by atoms with E-state index in [1.54, 1.807) is 4.90 Å². The van der Waals surface area contributed by atoms with Gasteiger partial charge in [-0.25, -0.2) is 4.79 Å². The van der Waals surface area contributed by atoms with E-state index in [0.29, 0.717) is 0 Å². The molecule has 0 aromatic carbocycles. The van der Waals surface area contributed by atoms with Crippen LogP contribution >= 0.6 is 22.6 Å². The molecule has 0 spiro atoms. The smallest absolute Gasteiger partial charge is 0.410 e. The second-order valence-electron chi connectivity index (χ2n) is 5.78. The minimum atomic E-state index is -0.404. The number of rotatable bonds is 7. The fourth-order valence-electron chi connectivity index (χ4n) is 1.55. The summed E-state index contributed by atoms with van der Waals surface area (Å²) in [6, 6.07) is 0. The Morgan fingerprint density at radius 3 is 2.33 bits per heavy atom. The van der Waals surface area contributed by atoms with E-state index in [1.165, 1.54) is 25.7 Å². The van der Waals surface area contributed by atoms with Crippen LogP contribution in [0.15, 0.2) is 0 Å². The van der Waals surface area contributed by atoms with Gasteiger partial charge in [-0.3, -0.25) is 0 Å². The first kappa shape index (κ1) is 18.0. The lowest BCUT2D eigenvalue weighted by Gasteiger charge is -2.24. The largest absolute Gasteiger partial charge is 0.444 e. The third-order valence-corrected chi connectivity index (χ3v) is 3.83. The SMILES string of the molecule is CCCCC(I)CCCN(C)C(=O)OC(C)(C)C. The van der Waals surface area contributed by atoms with Crippen molar-refractivity contribution in [1.82, 2.24) is 4.90 Å². The Balaban J connectivity index is 3.76. The van der Waals surface area contributed by atoms with Crippen LogP contribution in [0.25, 0.3) is 0 Å². The summed E-state index contributed by atoms with van der Waals surface area (Å²) in [4.78, 5) is 13.4. The molecule has 0 aliphatic rings. The lowest BCUT2D eigenvalue weighted by molar-refractivity contribution is 0.0296. The molecule has 0 saturated carbocycles. The first-order chi connectivity index (χ1) is 8.26. The number of hydrogen-bond donors (Lipinski definition) is 0. The van der Waals surface area contributed by atoms with Crippen molar-refractivity contribution in [1.29, 1.82) is 0 Å². The molecule has 1 atom stereocenters. The van der Waals surface area contributed by atoms with Gasteiger partial charge in [0.1, 0.15) is 5.60 Å². The van der Waals surface area contributed by atoms with Gasteiger partial charge in [-0.15, -0.1) is 0 Å². The summed E-state index contributed by atoms with van der Waals surface area (Å²) in [5.74, 6) is 0. The van der Waals surface area contributed by atoms with Gasteiger partial charge in [-0.1, -0.05) is 42.4 Å². The Morgan fingerprint density at radius 2 is 1.83 bits per heavy atom. The molecular formula is C14H28INO2. The van der Waals surface area contributed by atoms with Crippen molar-refractivity contribution in [3.8, 4) is 0 Å². The lowest BCUT2D eigenvalue weighted by Crippen LogP contribution is -2.34. The number of carbonyl (C=O) groups excluding carboxylic acids is 1. The van der Waals surface area contributed by atoms with Crippen molar-refractivity contribution in [2.75, 3.05) is 13.6 Å². The van der Waals surface area contributed by atoms with E-state index in [4.69, 9.17) is 4.74 Å². The van der Waals surface area contributed by atoms with E-state index in [0.717, 1.165) is 16.9 Å². The van der Waals surface area contributed by atoms with Crippen LogP contribution in [0.1, 0.15) is 59.8 Å². The van der Waals surface area contributed by atoms with E-state index in [-0.39, 0.29) is 6.09 Å². The number of alkyl halides is 1. The zero-order valence-corrected chi connectivity index (χ0v) is 14.6. The highest BCUT2D eigenvalue weighted by Crippen LogP contribution is 2.16. The molecule has 3 nitrogen and oxygen atoms in total. The Kier molecular flexibility index (Phi) is 8.99. The molecule has 0 aliphatic heterocycles. The van der Waals surface area contributed by atoms with Gasteiger partial charge in [0.15, 0.2) is 0 Å². The molecule has 18 heavy (non-hydrogen) atoms. The quantitative estimate of drug-likeness (QED) is 0.484. The molecule has 0 heterocycles. The van der Waals surface area contributed by atoms with Crippen LogP contribution in [0.3, 0.4) is 0 Å². The summed E-state index contributed by atoms with van der Waals surface area (Å²) in [6.45, 7) is 8.68. The van der Waals surface area contributed by atoms with Gasteiger partial charge in [0.05, 0.1) is 0 Å². The highest BCUT2D eigenvalue weighted by molar-refractivity contribution is 14.1. The van der Waals surface area contributed by atoms with Crippen molar-refractivity contribution in [2.45, 2.75) is 69.3 Å². The number of unbranched alkanes of at least 4 members (excludes halogenated alkanes) is 1. The van der Waals surface area contributed by atoms with Crippen molar-refractivity contribution >= 4 is 28.7 Å². The van der Waals surface area contributed by atoms with Crippen molar-refractivity contribution in [2.24, 2.45) is 0 Å². The van der Waals surface area contributed by atoms with Crippen LogP contribution in [0.4, 0.5) is 4.79 Å². The third-order valence-electron chi connectivity index (χ3n) is 2.59. The Morgan fingerprint density at radius 1 is 1.28 bits per heavy atom. The first-order valence-electron chi connectivity index (χ1n) is 6.84. The molecule has 1 unspecified atom stereocenters. The Bertz CT molecular complexity index is 238. The van der Waals surface area contributed by atoms with Crippen LogP contribution in [0.2, 0.25) is 0 Å². The van der Waals surface area contributed by atoms with Crippen molar-refractivity contribution < 1.29 is 9.53 Å². The molecular weight excluding hydrogens is 341 g/mol. The van der Waals surface area contributed by atoms with Crippen molar-refractivity contribution in [3.63, 3.8) is 0 Å². The van der Waals surface area contributed by atoms with Gasteiger partial charge >= 0.3 is 6.09 Å². The number of hydrogen-bond acceptors (Lipinski definition) is 2. The maximum atomic E-state index is 11.7. The van der Waals surface area contributed by atoms with Gasteiger partial charge < -0.3 is 9.64 Å². The number of amides is 1. The molecule has 0 fully saturated rings. The normalized spacial score (nSPS) is 13.2. The third kappa shape index (κ3) is 9.97. The Labute approximate surface area is 126 Å². The summed E-state index contributed by atoms with van der Waals surface area (Å²) in [5, 5.41) is 0. The van der Waals surface area contributed by atoms with Gasteiger partial charge in [0.2, 0.25) is 0 Å². The summed E-state index contributed by atoms with van der Waals surface area (Å²) in [7, 11) is 1.81. The summed E-state index contributed by atoms with van der Waals surface area (Å²) >= 11 is 2.52. The van der Waals surface area contributed by atoms with Crippen LogP contribution in [-0.4, -0.2) is 34.1 Å².